The molecule has 2 N–H and O–H groups in total. The lowest BCUT2D eigenvalue weighted by molar-refractivity contribution is 0.261. The summed E-state index contributed by atoms with van der Waals surface area (Å²) in [6, 6.07) is 10.1. The van der Waals surface area contributed by atoms with E-state index in [1.807, 2.05) is 30.3 Å². The van der Waals surface area contributed by atoms with E-state index in [0.29, 0.717) is 18.9 Å². The summed E-state index contributed by atoms with van der Waals surface area (Å²) in [6.07, 6.45) is 2.49. The number of nitrogens with one attached hydrogen (secondary N) is 1. The van der Waals surface area contributed by atoms with Crippen LogP contribution in [0.15, 0.2) is 34.9 Å². The second-order valence-corrected chi connectivity index (χ2v) is 4.71. The molecule has 5 nitrogen and oxygen atoms in total. The van der Waals surface area contributed by atoms with Crippen molar-refractivity contribution < 1.29 is 9.63 Å². The number of aryl methyl sites for hydroxylation is 1. The maximum Gasteiger partial charge on any atom is 0.240 e. The molecule has 1 heterocycles. The molecule has 20 heavy (non-hydrogen) atoms. The van der Waals surface area contributed by atoms with E-state index in [1.54, 1.807) is 0 Å². The van der Waals surface area contributed by atoms with Gasteiger partial charge in [-0.2, -0.15) is 4.98 Å². The molecular formula is C15H21N3O2. The monoisotopic (exact) mass is 275 g/mol. The summed E-state index contributed by atoms with van der Waals surface area (Å²) in [5, 5.41) is 16.5. The average Bonchev–Trinajstić information content (AvgIpc) is 2.92. The first-order chi connectivity index (χ1) is 9.83. The molecule has 5 heteroatoms. The molecule has 0 saturated heterocycles. The first-order valence-electron chi connectivity index (χ1n) is 7.04. The molecule has 0 fully saturated rings. The Hall–Kier alpha value is -1.72. The summed E-state index contributed by atoms with van der Waals surface area (Å²) in [6.45, 7) is 2.73. The Kier molecular flexibility index (Phi) is 5.70. The Morgan fingerprint density at radius 1 is 1.30 bits per heavy atom. The SMILES string of the molecule is CCCc1noc(CNC(CCO)c2ccccc2)n1. The summed E-state index contributed by atoms with van der Waals surface area (Å²) in [4.78, 5) is 4.32. The first kappa shape index (κ1) is 14.7. The van der Waals surface area contributed by atoms with Gasteiger partial charge in [0.2, 0.25) is 5.89 Å². The molecule has 0 amide bonds. The van der Waals surface area contributed by atoms with Gasteiger partial charge in [0.15, 0.2) is 5.82 Å². The van der Waals surface area contributed by atoms with Crippen LogP contribution in [0.4, 0.5) is 0 Å². The van der Waals surface area contributed by atoms with Crippen molar-refractivity contribution in [1.82, 2.24) is 15.5 Å². The minimum atomic E-state index is 0.0859. The van der Waals surface area contributed by atoms with Gasteiger partial charge in [-0.3, -0.25) is 0 Å². The molecule has 1 atom stereocenters. The molecule has 0 aliphatic rings. The Morgan fingerprint density at radius 3 is 2.80 bits per heavy atom. The molecule has 0 spiro atoms. The van der Waals surface area contributed by atoms with Gasteiger partial charge >= 0.3 is 0 Å². The molecule has 0 aliphatic heterocycles. The maximum atomic E-state index is 9.18. The van der Waals surface area contributed by atoms with Crippen LogP contribution in [0, 0.1) is 0 Å². The Balaban J connectivity index is 1.94. The van der Waals surface area contributed by atoms with Crippen molar-refractivity contribution in [2.24, 2.45) is 0 Å². The molecule has 0 radical (unpaired) electrons. The van der Waals surface area contributed by atoms with Gasteiger partial charge in [-0.15, -0.1) is 0 Å². The van der Waals surface area contributed by atoms with Crippen LogP contribution in [0.1, 0.15) is 43.1 Å². The van der Waals surface area contributed by atoms with Crippen molar-refractivity contribution in [2.75, 3.05) is 6.61 Å². The largest absolute Gasteiger partial charge is 0.396 e. The number of hydrogen-bond acceptors (Lipinski definition) is 5. The zero-order valence-corrected chi connectivity index (χ0v) is 11.7. The molecule has 0 aliphatic carbocycles. The highest BCUT2D eigenvalue weighted by atomic mass is 16.5. The highest BCUT2D eigenvalue weighted by Crippen LogP contribution is 2.16. The first-order valence-corrected chi connectivity index (χ1v) is 7.04. The van der Waals surface area contributed by atoms with Crippen LogP contribution in [0.2, 0.25) is 0 Å². The van der Waals surface area contributed by atoms with Crippen LogP contribution in [0.3, 0.4) is 0 Å². The van der Waals surface area contributed by atoms with Crippen molar-refractivity contribution in [1.29, 1.82) is 0 Å². The van der Waals surface area contributed by atoms with E-state index in [1.165, 1.54) is 0 Å². The predicted molar refractivity (Wildman–Crippen MR) is 76.0 cm³/mol. The quantitative estimate of drug-likeness (QED) is 0.773. The van der Waals surface area contributed by atoms with Crippen LogP contribution >= 0.6 is 0 Å². The van der Waals surface area contributed by atoms with E-state index in [2.05, 4.69) is 22.4 Å². The fourth-order valence-electron chi connectivity index (χ4n) is 2.10. The fraction of sp³-hybridized carbons (Fsp3) is 0.467. The molecule has 108 valence electrons. The van der Waals surface area contributed by atoms with Gasteiger partial charge < -0.3 is 14.9 Å². The van der Waals surface area contributed by atoms with Crippen molar-refractivity contribution in [2.45, 2.75) is 38.8 Å². The molecule has 2 aromatic rings. The van der Waals surface area contributed by atoms with E-state index in [-0.39, 0.29) is 12.6 Å². The summed E-state index contributed by atoms with van der Waals surface area (Å²) >= 11 is 0. The lowest BCUT2D eigenvalue weighted by Crippen LogP contribution is -2.22. The van der Waals surface area contributed by atoms with E-state index < -0.39 is 0 Å². The minimum absolute atomic E-state index is 0.0859. The third-order valence-corrected chi connectivity index (χ3v) is 3.10. The highest BCUT2D eigenvalue weighted by Gasteiger charge is 2.12. The summed E-state index contributed by atoms with van der Waals surface area (Å²) in [7, 11) is 0. The second kappa shape index (κ2) is 7.77. The van der Waals surface area contributed by atoms with Crippen molar-refractivity contribution in [3.05, 3.63) is 47.6 Å². The summed E-state index contributed by atoms with van der Waals surface area (Å²) in [5.74, 6) is 1.34. The molecule has 1 aromatic heterocycles. The zero-order chi connectivity index (χ0) is 14.2. The van der Waals surface area contributed by atoms with Gasteiger partial charge in [0.05, 0.1) is 6.54 Å². The average molecular weight is 275 g/mol. The Labute approximate surface area is 119 Å². The number of aromatic nitrogens is 2. The van der Waals surface area contributed by atoms with Crippen molar-refractivity contribution in [3.8, 4) is 0 Å². The Bertz CT molecular complexity index is 499. The van der Waals surface area contributed by atoms with Crippen molar-refractivity contribution >= 4 is 0 Å². The van der Waals surface area contributed by atoms with Gasteiger partial charge in [0.1, 0.15) is 0 Å². The van der Waals surface area contributed by atoms with Crippen molar-refractivity contribution in [3.63, 3.8) is 0 Å². The minimum Gasteiger partial charge on any atom is -0.396 e. The van der Waals surface area contributed by atoms with Crippen LogP contribution in [0.25, 0.3) is 0 Å². The molecule has 2 rings (SSSR count). The number of aliphatic hydroxyl groups is 1. The number of hydrogen-bond donors (Lipinski definition) is 2. The smallest absolute Gasteiger partial charge is 0.240 e. The normalized spacial score (nSPS) is 12.5. The third-order valence-electron chi connectivity index (χ3n) is 3.10. The van der Waals surface area contributed by atoms with Gasteiger partial charge in [0, 0.05) is 19.1 Å². The number of aliphatic hydroxyl groups excluding tert-OH is 1. The number of nitrogens with zero attached hydrogens (tertiary/aromatic N) is 2. The standard InChI is InChI=1S/C15H21N3O2/c1-2-6-14-17-15(20-18-14)11-16-13(9-10-19)12-7-4-3-5-8-12/h3-5,7-8,13,16,19H,2,6,9-11H2,1H3. The molecule has 1 unspecified atom stereocenters. The van der Waals surface area contributed by atoms with E-state index in [9.17, 15) is 5.11 Å². The van der Waals surface area contributed by atoms with E-state index in [0.717, 1.165) is 24.2 Å². The predicted octanol–water partition coefficient (Wildman–Crippen LogP) is 2.24. The molecule has 0 bridgehead atoms. The highest BCUT2D eigenvalue weighted by molar-refractivity contribution is 5.18. The number of rotatable bonds is 8. The lowest BCUT2D eigenvalue weighted by Gasteiger charge is -2.16. The maximum absolute atomic E-state index is 9.18. The Morgan fingerprint density at radius 2 is 2.10 bits per heavy atom. The third kappa shape index (κ3) is 4.15. The van der Waals surface area contributed by atoms with Crippen LogP contribution in [-0.4, -0.2) is 21.9 Å². The fourth-order valence-corrected chi connectivity index (χ4v) is 2.10. The van der Waals surface area contributed by atoms with Gasteiger partial charge in [-0.1, -0.05) is 42.4 Å². The summed E-state index contributed by atoms with van der Waals surface area (Å²) < 4.78 is 5.20. The topological polar surface area (TPSA) is 71.2 Å². The second-order valence-electron chi connectivity index (χ2n) is 4.71. The molecular weight excluding hydrogens is 254 g/mol. The van der Waals surface area contributed by atoms with Gasteiger partial charge in [-0.25, -0.2) is 0 Å². The summed E-state index contributed by atoms with van der Waals surface area (Å²) in [5.41, 5.74) is 1.15. The van der Waals surface area contributed by atoms with Gasteiger partial charge in [0.25, 0.3) is 0 Å². The van der Waals surface area contributed by atoms with Gasteiger partial charge in [-0.05, 0) is 18.4 Å². The lowest BCUT2D eigenvalue weighted by atomic mass is 10.0. The molecule has 0 saturated carbocycles. The van der Waals surface area contributed by atoms with Crippen LogP contribution in [-0.2, 0) is 13.0 Å². The number of benzene rings is 1. The van der Waals surface area contributed by atoms with Crippen LogP contribution < -0.4 is 5.32 Å². The van der Waals surface area contributed by atoms with E-state index in [4.69, 9.17) is 4.52 Å². The molecule has 1 aromatic carbocycles. The van der Waals surface area contributed by atoms with E-state index >= 15 is 0 Å². The zero-order valence-electron chi connectivity index (χ0n) is 11.7. The van der Waals surface area contributed by atoms with Crippen LogP contribution in [0.5, 0.6) is 0 Å².